The summed E-state index contributed by atoms with van der Waals surface area (Å²) in [5.74, 6) is -1.23. The summed E-state index contributed by atoms with van der Waals surface area (Å²) in [5, 5.41) is 9.21. The molecule has 1 N–H and O–H groups in total. The van der Waals surface area contributed by atoms with E-state index in [0.29, 0.717) is 17.5 Å². The van der Waals surface area contributed by atoms with Crippen molar-refractivity contribution in [3.63, 3.8) is 0 Å². The minimum atomic E-state index is -0.925. The molecule has 0 fully saturated rings. The van der Waals surface area contributed by atoms with Gasteiger partial charge in [-0.25, -0.2) is 0 Å². The van der Waals surface area contributed by atoms with E-state index in [4.69, 9.17) is 4.74 Å². The first-order valence-electron chi connectivity index (χ1n) is 6.28. The first-order valence-corrected chi connectivity index (χ1v) is 7.07. The molecule has 0 unspecified atom stereocenters. The van der Waals surface area contributed by atoms with Crippen molar-refractivity contribution in [1.82, 2.24) is 4.98 Å². The van der Waals surface area contributed by atoms with E-state index in [1.807, 2.05) is 0 Å². The number of aliphatic carboxylic acids is 1. The molecule has 1 rings (SSSR count). The monoisotopic (exact) mass is 343 g/mol. The van der Waals surface area contributed by atoms with E-state index in [1.54, 1.807) is 33.2 Å². The van der Waals surface area contributed by atoms with Gasteiger partial charge in [-0.1, -0.05) is 0 Å². The van der Waals surface area contributed by atoms with Crippen LogP contribution in [0.2, 0.25) is 0 Å². The fourth-order valence-electron chi connectivity index (χ4n) is 1.76. The maximum atomic E-state index is 11.6. The summed E-state index contributed by atoms with van der Waals surface area (Å²) < 4.78 is 5.62. The quantitative estimate of drug-likeness (QED) is 0.803. The Labute approximate surface area is 126 Å². The van der Waals surface area contributed by atoms with Gasteiger partial charge in [0.25, 0.3) is 0 Å². The zero-order valence-electron chi connectivity index (χ0n) is 11.8. The number of carbonyl (C=O) groups excluding carboxylic acids is 1. The van der Waals surface area contributed by atoms with Crippen LogP contribution in [0.5, 0.6) is 0 Å². The fourth-order valence-corrected chi connectivity index (χ4v) is 2.27. The van der Waals surface area contributed by atoms with Crippen molar-refractivity contribution in [2.45, 2.75) is 33.6 Å². The summed E-state index contributed by atoms with van der Waals surface area (Å²) in [6.45, 7) is 5.35. The number of carboxylic acid groups (broad SMARTS) is 1. The van der Waals surface area contributed by atoms with Gasteiger partial charge in [0.1, 0.15) is 0 Å². The topological polar surface area (TPSA) is 76.5 Å². The Morgan fingerprint density at radius 3 is 2.60 bits per heavy atom. The lowest BCUT2D eigenvalue weighted by molar-refractivity contribution is -0.146. The lowest BCUT2D eigenvalue weighted by Crippen LogP contribution is -2.27. The molecule has 0 aliphatic carbocycles. The van der Waals surface area contributed by atoms with Crippen LogP contribution in [0.1, 0.15) is 31.9 Å². The van der Waals surface area contributed by atoms with Gasteiger partial charge in [-0.3, -0.25) is 14.6 Å². The van der Waals surface area contributed by atoms with Crippen LogP contribution >= 0.6 is 15.9 Å². The van der Waals surface area contributed by atoms with Gasteiger partial charge in [0.15, 0.2) is 0 Å². The second kappa shape index (κ2) is 6.83. The summed E-state index contributed by atoms with van der Waals surface area (Å²) in [5.41, 5.74) is 0.541. The standard InChI is InChI=1S/C14H18BrNO4/c1-4-20-12(17)5-10-9(7-16-8-11(10)15)6-14(2,3)13(18)19/h7-8H,4-6H2,1-3H3,(H,18,19). The highest BCUT2D eigenvalue weighted by atomic mass is 79.9. The number of ether oxygens (including phenoxy) is 1. The largest absolute Gasteiger partial charge is 0.481 e. The SMILES string of the molecule is CCOC(=O)Cc1c(Br)cncc1CC(C)(C)C(=O)O. The van der Waals surface area contributed by atoms with Crippen molar-refractivity contribution >= 4 is 27.9 Å². The molecule has 1 aromatic heterocycles. The summed E-state index contributed by atoms with van der Waals surface area (Å²) in [7, 11) is 0. The molecule has 0 spiro atoms. The van der Waals surface area contributed by atoms with Crippen LogP contribution in [0.3, 0.4) is 0 Å². The first kappa shape index (κ1) is 16.6. The molecular formula is C14H18BrNO4. The number of pyridine rings is 1. The number of carbonyl (C=O) groups is 2. The zero-order chi connectivity index (χ0) is 15.3. The third-order valence-corrected chi connectivity index (χ3v) is 3.62. The molecule has 0 bridgehead atoms. The van der Waals surface area contributed by atoms with Crippen LogP contribution in [-0.2, 0) is 27.2 Å². The first-order chi connectivity index (χ1) is 9.27. The van der Waals surface area contributed by atoms with Crippen molar-refractivity contribution < 1.29 is 19.4 Å². The van der Waals surface area contributed by atoms with Gasteiger partial charge in [-0.15, -0.1) is 0 Å². The van der Waals surface area contributed by atoms with Crippen molar-refractivity contribution in [3.05, 3.63) is 28.0 Å². The summed E-state index contributed by atoms with van der Waals surface area (Å²) in [6.07, 6.45) is 3.58. The average molecular weight is 344 g/mol. The smallest absolute Gasteiger partial charge is 0.310 e. The van der Waals surface area contributed by atoms with Crippen LogP contribution in [0.15, 0.2) is 16.9 Å². The minimum Gasteiger partial charge on any atom is -0.481 e. The highest BCUT2D eigenvalue weighted by Gasteiger charge is 2.29. The van der Waals surface area contributed by atoms with E-state index in [0.717, 1.165) is 11.1 Å². The van der Waals surface area contributed by atoms with E-state index in [2.05, 4.69) is 20.9 Å². The fraction of sp³-hybridized carbons (Fsp3) is 0.500. The number of esters is 1. The molecule has 0 radical (unpaired) electrons. The van der Waals surface area contributed by atoms with E-state index in [-0.39, 0.29) is 12.4 Å². The Morgan fingerprint density at radius 2 is 2.05 bits per heavy atom. The lowest BCUT2D eigenvalue weighted by atomic mass is 9.84. The Bertz CT molecular complexity index is 514. The number of halogens is 1. The molecule has 1 heterocycles. The number of nitrogens with zero attached hydrogens (tertiary/aromatic N) is 1. The third kappa shape index (κ3) is 4.30. The van der Waals surface area contributed by atoms with Crippen LogP contribution in [0.25, 0.3) is 0 Å². The Kier molecular flexibility index (Phi) is 5.68. The Hall–Kier alpha value is -1.43. The van der Waals surface area contributed by atoms with Crippen molar-refractivity contribution in [3.8, 4) is 0 Å². The van der Waals surface area contributed by atoms with Crippen molar-refractivity contribution in [2.24, 2.45) is 5.41 Å². The Morgan fingerprint density at radius 1 is 1.40 bits per heavy atom. The molecular weight excluding hydrogens is 326 g/mol. The van der Waals surface area contributed by atoms with Gasteiger partial charge in [0.05, 0.1) is 18.4 Å². The summed E-state index contributed by atoms with van der Waals surface area (Å²) in [4.78, 5) is 26.9. The number of hydrogen-bond acceptors (Lipinski definition) is 4. The number of carboxylic acids is 1. The molecule has 20 heavy (non-hydrogen) atoms. The molecule has 0 saturated carbocycles. The maximum Gasteiger partial charge on any atom is 0.310 e. The number of hydrogen-bond donors (Lipinski definition) is 1. The average Bonchev–Trinajstić information content (AvgIpc) is 2.33. The molecule has 6 heteroatoms. The summed E-state index contributed by atoms with van der Waals surface area (Å²) in [6, 6.07) is 0. The second-order valence-electron chi connectivity index (χ2n) is 5.11. The highest BCUT2D eigenvalue weighted by molar-refractivity contribution is 9.10. The molecule has 0 aliphatic heterocycles. The van der Waals surface area contributed by atoms with Gasteiger partial charge >= 0.3 is 11.9 Å². The maximum absolute atomic E-state index is 11.6. The van der Waals surface area contributed by atoms with Crippen molar-refractivity contribution in [1.29, 1.82) is 0 Å². The minimum absolute atomic E-state index is 0.0992. The van der Waals surface area contributed by atoms with Crippen LogP contribution in [0, 0.1) is 5.41 Å². The predicted octanol–water partition coefficient (Wildman–Crippen LogP) is 2.60. The molecule has 0 amide bonds. The third-order valence-electron chi connectivity index (χ3n) is 2.93. The lowest BCUT2D eigenvalue weighted by Gasteiger charge is -2.21. The number of aromatic nitrogens is 1. The number of rotatable bonds is 6. The van der Waals surface area contributed by atoms with E-state index < -0.39 is 11.4 Å². The van der Waals surface area contributed by atoms with Gasteiger partial charge in [0, 0.05) is 16.9 Å². The van der Waals surface area contributed by atoms with E-state index in [9.17, 15) is 14.7 Å². The van der Waals surface area contributed by atoms with Crippen LogP contribution in [0.4, 0.5) is 0 Å². The van der Waals surface area contributed by atoms with Crippen LogP contribution in [-0.4, -0.2) is 28.6 Å². The highest BCUT2D eigenvalue weighted by Crippen LogP contribution is 2.28. The molecule has 1 aromatic rings. The van der Waals surface area contributed by atoms with E-state index >= 15 is 0 Å². The molecule has 0 aromatic carbocycles. The molecule has 0 aliphatic rings. The van der Waals surface area contributed by atoms with Crippen molar-refractivity contribution in [2.75, 3.05) is 6.61 Å². The molecule has 0 atom stereocenters. The van der Waals surface area contributed by atoms with Crippen LogP contribution < -0.4 is 0 Å². The van der Waals surface area contributed by atoms with Gasteiger partial charge in [-0.05, 0) is 54.2 Å². The van der Waals surface area contributed by atoms with Gasteiger partial charge in [-0.2, -0.15) is 0 Å². The second-order valence-corrected chi connectivity index (χ2v) is 5.96. The predicted molar refractivity (Wildman–Crippen MR) is 77.4 cm³/mol. The zero-order valence-corrected chi connectivity index (χ0v) is 13.4. The molecule has 110 valence electrons. The van der Waals surface area contributed by atoms with E-state index in [1.165, 1.54) is 0 Å². The Balaban J connectivity index is 3.05. The van der Waals surface area contributed by atoms with Gasteiger partial charge < -0.3 is 9.84 Å². The normalized spacial score (nSPS) is 11.2. The summed E-state index contributed by atoms with van der Waals surface area (Å²) >= 11 is 3.35. The molecule has 0 saturated heterocycles. The molecule has 5 nitrogen and oxygen atoms in total. The van der Waals surface area contributed by atoms with Gasteiger partial charge in [0.2, 0.25) is 0 Å².